The molecule has 0 saturated carbocycles. The third-order valence-corrected chi connectivity index (χ3v) is 1.30. The van der Waals surface area contributed by atoms with Crippen molar-refractivity contribution >= 4 is 5.97 Å². The first-order valence-corrected chi connectivity index (χ1v) is 3.08. The van der Waals surface area contributed by atoms with E-state index in [1.165, 1.54) is 6.20 Å². The second-order valence-corrected chi connectivity index (χ2v) is 2.07. The number of aromatic nitrogens is 1. The van der Waals surface area contributed by atoms with E-state index in [1.807, 2.05) is 0 Å². The minimum absolute atomic E-state index is 0.125. The Morgan fingerprint density at radius 3 is 2.75 bits per heavy atom. The number of rotatable bonds is 1. The molecule has 0 bridgehead atoms. The van der Waals surface area contributed by atoms with Gasteiger partial charge in [-0.1, -0.05) is 5.92 Å². The third kappa shape index (κ3) is 1.35. The molecule has 0 aliphatic carbocycles. The average molecular weight is 163 g/mol. The molecule has 60 valence electrons. The molecule has 0 radical (unpaired) electrons. The molecule has 0 spiro atoms. The lowest BCUT2D eigenvalue weighted by Gasteiger charge is -1.93. The maximum atomic E-state index is 10.9. The summed E-state index contributed by atoms with van der Waals surface area (Å²) in [5, 5.41) is 8.45. The highest BCUT2D eigenvalue weighted by Gasteiger charge is 2.04. The molecule has 0 aliphatic heterocycles. The second kappa shape index (κ2) is 2.93. The fourth-order valence-electron chi connectivity index (χ4n) is 0.708. The van der Waals surface area contributed by atoms with Crippen molar-refractivity contribution in [1.29, 1.82) is 0 Å². The topological polar surface area (TPSA) is 70.2 Å². The Labute approximate surface area is 67.9 Å². The average Bonchev–Trinajstić information content (AvgIpc) is 2.04. The molecular formula is C8H5NO3. The van der Waals surface area contributed by atoms with Gasteiger partial charge in [-0.2, -0.15) is 0 Å². The second-order valence-electron chi connectivity index (χ2n) is 2.07. The molecule has 0 fully saturated rings. The van der Waals surface area contributed by atoms with Gasteiger partial charge >= 0.3 is 5.97 Å². The van der Waals surface area contributed by atoms with Gasteiger partial charge in [0, 0.05) is 12.3 Å². The molecule has 0 saturated heterocycles. The van der Waals surface area contributed by atoms with Gasteiger partial charge in [0.1, 0.15) is 5.69 Å². The van der Waals surface area contributed by atoms with Crippen LogP contribution in [0.3, 0.4) is 0 Å². The quantitative estimate of drug-likeness (QED) is 0.575. The Bertz CT molecular complexity index is 411. The number of pyridine rings is 1. The largest absolute Gasteiger partial charge is 0.477 e. The molecule has 1 rings (SSSR count). The van der Waals surface area contributed by atoms with Crippen LogP contribution in [0.25, 0.3) is 0 Å². The Kier molecular flexibility index (Phi) is 1.97. The molecule has 0 atom stereocenters. The number of H-pyrrole nitrogens is 1. The fraction of sp³-hybridized carbons (Fsp3) is 0. The highest BCUT2D eigenvalue weighted by molar-refractivity contribution is 5.85. The van der Waals surface area contributed by atoms with Gasteiger partial charge in [0.25, 0.3) is 0 Å². The van der Waals surface area contributed by atoms with Crippen molar-refractivity contribution in [2.45, 2.75) is 0 Å². The molecule has 2 N–H and O–H groups in total. The number of nitrogens with one attached hydrogen (secondary N) is 1. The van der Waals surface area contributed by atoms with Crippen LogP contribution in [0.15, 0.2) is 17.1 Å². The first kappa shape index (κ1) is 8.08. The van der Waals surface area contributed by atoms with Crippen LogP contribution in [0, 0.1) is 12.3 Å². The summed E-state index contributed by atoms with van der Waals surface area (Å²) in [6.07, 6.45) is 6.16. The molecule has 1 heterocycles. The van der Waals surface area contributed by atoms with Crippen LogP contribution in [0.4, 0.5) is 0 Å². The van der Waals surface area contributed by atoms with Gasteiger partial charge in [-0.15, -0.1) is 6.42 Å². The first-order valence-electron chi connectivity index (χ1n) is 3.08. The normalized spacial score (nSPS) is 8.92. The van der Waals surface area contributed by atoms with E-state index in [0.29, 0.717) is 0 Å². The first-order chi connectivity index (χ1) is 5.65. The van der Waals surface area contributed by atoms with Crippen LogP contribution in [0.1, 0.15) is 16.1 Å². The molecular weight excluding hydrogens is 158 g/mol. The molecule has 0 aromatic carbocycles. The SMILES string of the molecule is C#Cc1c[nH]c(C(=O)O)cc1=O. The number of carbonyl (C=O) groups is 1. The summed E-state index contributed by atoms with van der Waals surface area (Å²) in [6.45, 7) is 0. The van der Waals surface area contributed by atoms with Crippen LogP contribution in [-0.2, 0) is 0 Å². The van der Waals surface area contributed by atoms with Crippen molar-refractivity contribution in [2.75, 3.05) is 0 Å². The molecule has 0 unspecified atom stereocenters. The van der Waals surface area contributed by atoms with Gasteiger partial charge in [0.15, 0.2) is 5.43 Å². The summed E-state index contributed by atoms with van der Waals surface area (Å²) in [6, 6.07) is 0.956. The fourth-order valence-corrected chi connectivity index (χ4v) is 0.708. The summed E-state index contributed by atoms with van der Waals surface area (Å²) >= 11 is 0. The van der Waals surface area contributed by atoms with Crippen LogP contribution in [0.5, 0.6) is 0 Å². The van der Waals surface area contributed by atoms with Crippen molar-refractivity contribution in [1.82, 2.24) is 4.98 Å². The molecule has 1 aromatic rings. The van der Waals surface area contributed by atoms with Crippen molar-refractivity contribution < 1.29 is 9.90 Å². The summed E-state index contributed by atoms with van der Waals surface area (Å²) in [5.74, 6) is 0.940. The van der Waals surface area contributed by atoms with Crippen molar-refractivity contribution in [3.8, 4) is 12.3 Å². The molecule has 0 amide bonds. The van der Waals surface area contributed by atoms with Crippen molar-refractivity contribution in [3.63, 3.8) is 0 Å². The highest BCUT2D eigenvalue weighted by atomic mass is 16.4. The number of hydrogen-bond acceptors (Lipinski definition) is 2. The monoisotopic (exact) mass is 163 g/mol. The Hall–Kier alpha value is -2.02. The Balaban J connectivity index is 3.31. The zero-order chi connectivity index (χ0) is 9.14. The van der Waals surface area contributed by atoms with E-state index in [4.69, 9.17) is 11.5 Å². The van der Waals surface area contributed by atoms with Gasteiger partial charge in [-0.05, 0) is 0 Å². The number of hydrogen-bond donors (Lipinski definition) is 2. The third-order valence-electron chi connectivity index (χ3n) is 1.30. The number of aromatic carboxylic acids is 1. The van der Waals surface area contributed by atoms with E-state index < -0.39 is 11.4 Å². The standard InChI is InChI=1S/C8H5NO3/c1-2-5-4-9-6(8(11)12)3-7(5)10/h1,3-4H,(H,9,10)(H,11,12). The molecule has 0 aliphatic rings. The minimum Gasteiger partial charge on any atom is -0.477 e. The number of carboxylic acids is 1. The van der Waals surface area contributed by atoms with E-state index in [0.717, 1.165) is 6.07 Å². The lowest BCUT2D eigenvalue weighted by atomic mass is 10.2. The van der Waals surface area contributed by atoms with Crippen LogP contribution in [0.2, 0.25) is 0 Å². The molecule has 12 heavy (non-hydrogen) atoms. The van der Waals surface area contributed by atoms with E-state index in [2.05, 4.69) is 10.9 Å². The molecule has 4 nitrogen and oxygen atoms in total. The predicted molar refractivity (Wildman–Crippen MR) is 42.0 cm³/mol. The Morgan fingerprint density at radius 1 is 1.67 bits per heavy atom. The summed E-state index contributed by atoms with van der Waals surface area (Å²) < 4.78 is 0. The summed E-state index contributed by atoms with van der Waals surface area (Å²) in [7, 11) is 0. The zero-order valence-corrected chi connectivity index (χ0v) is 6.00. The van der Waals surface area contributed by atoms with Crippen LogP contribution < -0.4 is 5.43 Å². The van der Waals surface area contributed by atoms with E-state index in [9.17, 15) is 9.59 Å². The predicted octanol–water partition coefficient (Wildman–Crippen LogP) is 0.0544. The van der Waals surface area contributed by atoms with Gasteiger partial charge in [0.05, 0.1) is 5.56 Å². The molecule has 4 heteroatoms. The number of terminal acetylenes is 1. The van der Waals surface area contributed by atoms with Crippen LogP contribution >= 0.6 is 0 Å². The molecule has 1 aromatic heterocycles. The van der Waals surface area contributed by atoms with Crippen molar-refractivity contribution in [3.05, 3.63) is 33.7 Å². The minimum atomic E-state index is -1.18. The van der Waals surface area contributed by atoms with E-state index >= 15 is 0 Å². The summed E-state index contributed by atoms with van der Waals surface area (Å²) in [4.78, 5) is 23.7. The Morgan fingerprint density at radius 2 is 2.33 bits per heavy atom. The van der Waals surface area contributed by atoms with E-state index in [1.54, 1.807) is 0 Å². The summed E-state index contributed by atoms with van der Waals surface area (Å²) in [5.41, 5.74) is -0.507. The zero-order valence-electron chi connectivity index (χ0n) is 6.00. The van der Waals surface area contributed by atoms with Gasteiger partial charge in [-0.25, -0.2) is 4.79 Å². The van der Waals surface area contributed by atoms with Gasteiger partial charge in [-0.3, -0.25) is 4.79 Å². The van der Waals surface area contributed by atoms with Gasteiger partial charge < -0.3 is 10.1 Å². The van der Waals surface area contributed by atoms with Crippen molar-refractivity contribution in [2.24, 2.45) is 0 Å². The smallest absolute Gasteiger partial charge is 0.352 e. The maximum Gasteiger partial charge on any atom is 0.352 e. The number of carboxylic acid groups (broad SMARTS) is 1. The van der Waals surface area contributed by atoms with Gasteiger partial charge in [0.2, 0.25) is 0 Å². The maximum absolute atomic E-state index is 10.9. The lowest BCUT2D eigenvalue weighted by Crippen LogP contribution is -2.10. The van der Waals surface area contributed by atoms with E-state index in [-0.39, 0.29) is 11.3 Å². The number of aromatic amines is 1. The lowest BCUT2D eigenvalue weighted by molar-refractivity contribution is 0.0690. The van der Waals surface area contributed by atoms with Crippen LogP contribution in [-0.4, -0.2) is 16.1 Å². The highest BCUT2D eigenvalue weighted by Crippen LogP contribution is 1.91.